The van der Waals surface area contributed by atoms with Gasteiger partial charge in [0.15, 0.2) is 5.78 Å². The molecule has 0 aliphatic carbocycles. The summed E-state index contributed by atoms with van der Waals surface area (Å²) in [6.07, 6.45) is -4.62. The van der Waals surface area contributed by atoms with Crippen LogP contribution in [0.1, 0.15) is 15.9 Å². The summed E-state index contributed by atoms with van der Waals surface area (Å²) in [5, 5.41) is 0.0291. The fraction of sp³-hybridized carbons (Fsp3) is 0.222. The van der Waals surface area contributed by atoms with Crippen molar-refractivity contribution in [3.8, 4) is 0 Å². The van der Waals surface area contributed by atoms with Crippen molar-refractivity contribution in [1.29, 1.82) is 0 Å². The predicted octanol–water partition coefficient (Wildman–Crippen LogP) is 4.54. The van der Waals surface area contributed by atoms with Crippen molar-refractivity contribution in [3.05, 3.63) is 32.8 Å². The van der Waals surface area contributed by atoms with Gasteiger partial charge in [0.2, 0.25) is 0 Å². The highest BCUT2D eigenvalue weighted by Crippen LogP contribution is 2.38. The molecule has 0 radical (unpaired) electrons. The second-order valence-corrected chi connectivity index (χ2v) is 4.31. The summed E-state index contributed by atoms with van der Waals surface area (Å²) in [4.78, 5) is 11.3. The van der Waals surface area contributed by atoms with Gasteiger partial charge in [-0.2, -0.15) is 13.2 Å². The van der Waals surface area contributed by atoms with Crippen LogP contribution in [0.4, 0.5) is 13.2 Å². The average molecular weight is 336 g/mol. The van der Waals surface area contributed by atoms with Crippen molar-refractivity contribution in [2.24, 2.45) is 0 Å². The maximum absolute atomic E-state index is 12.6. The maximum atomic E-state index is 12.6. The Morgan fingerprint density at radius 1 is 1.38 bits per heavy atom. The Labute approximate surface area is 108 Å². The van der Waals surface area contributed by atoms with Gasteiger partial charge < -0.3 is 0 Å². The number of rotatable bonds is 2. The number of benzene rings is 1. The minimum Gasteiger partial charge on any atom is -0.293 e. The zero-order chi connectivity index (χ0) is 12.5. The third-order valence-corrected chi connectivity index (χ3v) is 3.41. The Kier molecular flexibility index (Phi) is 4.26. The van der Waals surface area contributed by atoms with E-state index >= 15 is 0 Å². The quantitative estimate of drug-likeness (QED) is 0.572. The van der Waals surface area contributed by atoms with Gasteiger partial charge >= 0.3 is 6.18 Å². The Hall–Kier alpha value is -0.260. The van der Waals surface area contributed by atoms with Crippen LogP contribution in [0.3, 0.4) is 0 Å². The van der Waals surface area contributed by atoms with Gasteiger partial charge in [-0.3, -0.25) is 4.79 Å². The van der Waals surface area contributed by atoms with Crippen molar-refractivity contribution >= 4 is 44.9 Å². The average Bonchev–Trinajstić information content (AvgIpc) is 2.19. The molecule has 0 saturated carbocycles. The van der Waals surface area contributed by atoms with Crippen LogP contribution >= 0.6 is 39.1 Å². The van der Waals surface area contributed by atoms with E-state index in [4.69, 9.17) is 23.2 Å². The van der Waals surface area contributed by atoms with Gasteiger partial charge in [-0.1, -0.05) is 11.6 Å². The number of carbonyl (C=O) groups excluding carboxylic acids is 1. The SMILES string of the molecule is O=C(CCl)c1c(C(F)(F)F)ccc(Cl)c1Br. The van der Waals surface area contributed by atoms with E-state index in [-0.39, 0.29) is 9.50 Å². The first-order chi connectivity index (χ1) is 7.29. The molecule has 1 aromatic rings. The first kappa shape index (κ1) is 13.8. The summed E-state index contributed by atoms with van der Waals surface area (Å²) in [5.74, 6) is -1.37. The monoisotopic (exact) mass is 334 g/mol. The van der Waals surface area contributed by atoms with Crippen LogP contribution in [-0.4, -0.2) is 11.7 Å². The van der Waals surface area contributed by atoms with E-state index in [9.17, 15) is 18.0 Å². The number of Topliss-reactive ketones (excluding diaryl/α,β-unsaturated/α-hetero) is 1. The molecular formula is C9H4BrCl2F3O. The van der Waals surface area contributed by atoms with E-state index in [2.05, 4.69) is 15.9 Å². The molecular weight excluding hydrogens is 332 g/mol. The summed E-state index contributed by atoms with van der Waals surface area (Å²) in [6, 6.07) is 1.83. The molecule has 7 heteroatoms. The van der Waals surface area contributed by atoms with Crippen molar-refractivity contribution in [2.75, 3.05) is 5.88 Å². The van der Waals surface area contributed by atoms with Gasteiger partial charge in [-0.25, -0.2) is 0 Å². The maximum Gasteiger partial charge on any atom is 0.417 e. The summed E-state index contributed by atoms with van der Waals surface area (Å²) < 4.78 is 37.7. The fourth-order valence-electron chi connectivity index (χ4n) is 1.13. The van der Waals surface area contributed by atoms with Crippen LogP contribution in [0.2, 0.25) is 5.02 Å². The highest BCUT2D eigenvalue weighted by Gasteiger charge is 2.36. The molecule has 0 aliphatic rings. The predicted molar refractivity (Wildman–Crippen MR) is 59.2 cm³/mol. The van der Waals surface area contributed by atoms with Crippen LogP contribution in [0, 0.1) is 0 Å². The molecule has 0 N–H and O–H groups in total. The molecule has 88 valence electrons. The molecule has 0 aromatic heterocycles. The van der Waals surface area contributed by atoms with E-state index in [1.54, 1.807) is 0 Å². The van der Waals surface area contributed by atoms with Crippen LogP contribution in [-0.2, 0) is 6.18 Å². The summed E-state index contributed by atoms with van der Waals surface area (Å²) in [7, 11) is 0. The van der Waals surface area contributed by atoms with Crippen LogP contribution in [0.15, 0.2) is 16.6 Å². The van der Waals surface area contributed by atoms with Crippen molar-refractivity contribution in [2.45, 2.75) is 6.18 Å². The molecule has 0 spiro atoms. The molecule has 1 aromatic carbocycles. The van der Waals surface area contributed by atoms with E-state index in [0.717, 1.165) is 12.1 Å². The second kappa shape index (κ2) is 4.94. The van der Waals surface area contributed by atoms with Crippen LogP contribution in [0.5, 0.6) is 0 Å². The lowest BCUT2D eigenvalue weighted by atomic mass is 10.0. The van der Waals surface area contributed by atoms with E-state index in [1.165, 1.54) is 0 Å². The Morgan fingerprint density at radius 3 is 2.38 bits per heavy atom. The van der Waals surface area contributed by atoms with E-state index in [1.807, 2.05) is 0 Å². The molecule has 1 rings (SSSR count). The molecule has 1 nitrogen and oxygen atoms in total. The smallest absolute Gasteiger partial charge is 0.293 e. The van der Waals surface area contributed by atoms with Gasteiger partial charge in [0.25, 0.3) is 0 Å². The lowest BCUT2D eigenvalue weighted by molar-refractivity contribution is -0.137. The number of hydrogen-bond acceptors (Lipinski definition) is 1. The van der Waals surface area contributed by atoms with Crippen LogP contribution < -0.4 is 0 Å². The van der Waals surface area contributed by atoms with Crippen LogP contribution in [0.25, 0.3) is 0 Å². The minimum atomic E-state index is -4.62. The Morgan fingerprint density at radius 2 is 1.94 bits per heavy atom. The van der Waals surface area contributed by atoms with E-state index < -0.39 is 29.0 Å². The number of halogens is 6. The second-order valence-electron chi connectivity index (χ2n) is 2.84. The Bertz CT molecular complexity index is 431. The fourth-order valence-corrected chi connectivity index (χ4v) is 1.98. The number of hydrogen-bond donors (Lipinski definition) is 0. The number of alkyl halides is 4. The zero-order valence-electron chi connectivity index (χ0n) is 7.54. The summed E-state index contributed by atoms with van der Waals surface area (Å²) in [5.41, 5.74) is -1.58. The molecule has 0 bridgehead atoms. The van der Waals surface area contributed by atoms with Gasteiger partial charge in [-0.15, -0.1) is 11.6 Å². The topological polar surface area (TPSA) is 17.1 Å². The third kappa shape index (κ3) is 2.70. The lowest BCUT2D eigenvalue weighted by Crippen LogP contribution is -2.14. The molecule has 16 heavy (non-hydrogen) atoms. The molecule has 0 aliphatic heterocycles. The molecule has 0 atom stereocenters. The van der Waals surface area contributed by atoms with Crippen molar-refractivity contribution in [1.82, 2.24) is 0 Å². The normalized spacial score (nSPS) is 11.6. The van der Waals surface area contributed by atoms with E-state index in [0.29, 0.717) is 0 Å². The van der Waals surface area contributed by atoms with Gasteiger partial charge in [0.05, 0.1) is 16.5 Å². The zero-order valence-corrected chi connectivity index (χ0v) is 10.6. The Balaban J connectivity index is 3.51. The number of carbonyl (C=O) groups is 1. The number of ketones is 1. The molecule has 0 heterocycles. The largest absolute Gasteiger partial charge is 0.417 e. The minimum absolute atomic E-state index is 0.0291. The molecule has 0 unspecified atom stereocenters. The van der Waals surface area contributed by atoms with Gasteiger partial charge in [0, 0.05) is 10.0 Å². The molecule has 0 amide bonds. The lowest BCUT2D eigenvalue weighted by Gasteiger charge is -2.13. The third-order valence-electron chi connectivity index (χ3n) is 1.80. The molecule has 0 saturated heterocycles. The standard InChI is InChI=1S/C9H4BrCl2F3O/c10-8-5(12)2-1-4(9(13,14)15)7(8)6(16)3-11/h1-2H,3H2. The van der Waals surface area contributed by atoms with Crippen molar-refractivity contribution < 1.29 is 18.0 Å². The van der Waals surface area contributed by atoms with Crippen molar-refractivity contribution in [3.63, 3.8) is 0 Å². The van der Waals surface area contributed by atoms with Gasteiger partial charge in [0.1, 0.15) is 0 Å². The highest BCUT2D eigenvalue weighted by atomic mass is 79.9. The molecule has 0 fully saturated rings. The summed E-state index contributed by atoms with van der Waals surface area (Å²) >= 11 is 13.7. The summed E-state index contributed by atoms with van der Waals surface area (Å²) in [6.45, 7) is 0. The van der Waals surface area contributed by atoms with Gasteiger partial charge in [-0.05, 0) is 28.1 Å². The first-order valence-electron chi connectivity index (χ1n) is 3.93. The highest BCUT2D eigenvalue weighted by molar-refractivity contribution is 9.10. The first-order valence-corrected chi connectivity index (χ1v) is 5.64.